The van der Waals surface area contributed by atoms with E-state index >= 15 is 0 Å². The summed E-state index contributed by atoms with van der Waals surface area (Å²) < 4.78 is 0. The minimum atomic E-state index is 0.665. The van der Waals surface area contributed by atoms with Crippen molar-refractivity contribution >= 4 is 63.1 Å². The van der Waals surface area contributed by atoms with Gasteiger partial charge in [-0.3, -0.25) is 0 Å². The predicted octanol–water partition coefficient (Wildman–Crippen LogP) is 6.33. The fourth-order valence-corrected chi connectivity index (χ4v) is 5.42. The van der Waals surface area contributed by atoms with Gasteiger partial charge in [-0.2, -0.15) is 0 Å². The zero-order valence-corrected chi connectivity index (χ0v) is 21.0. The zero-order chi connectivity index (χ0) is 23.0. The monoisotopic (exact) mass is 497 g/mol. The van der Waals surface area contributed by atoms with Crippen LogP contribution in [0.1, 0.15) is 23.5 Å². The fraction of sp³-hybridized carbons (Fsp3) is 0.280. The van der Waals surface area contributed by atoms with Crippen LogP contribution < -0.4 is 11.1 Å². The van der Waals surface area contributed by atoms with Crippen LogP contribution in [0.5, 0.6) is 0 Å². The minimum absolute atomic E-state index is 0.665. The van der Waals surface area contributed by atoms with Crippen LogP contribution in [0, 0.1) is 0 Å². The number of rotatable bonds is 11. The van der Waals surface area contributed by atoms with E-state index in [2.05, 4.69) is 53.0 Å². The zero-order valence-electron chi connectivity index (χ0n) is 18.6. The molecule has 0 saturated carbocycles. The number of halogens is 1. The lowest BCUT2D eigenvalue weighted by atomic mass is 10.2. The maximum absolute atomic E-state index is 6.24. The van der Waals surface area contributed by atoms with Crippen molar-refractivity contribution in [3.8, 4) is 9.75 Å². The van der Waals surface area contributed by atoms with Crippen LogP contribution in [0.3, 0.4) is 0 Å². The van der Waals surface area contributed by atoms with Crippen LogP contribution in [0.2, 0.25) is 5.02 Å². The summed E-state index contributed by atoms with van der Waals surface area (Å²) in [5, 5.41) is 7.25. The molecule has 4 aromatic rings. The minimum Gasteiger partial charge on any atom is -0.369 e. The van der Waals surface area contributed by atoms with Crippen LogP contribution in [-0.4, -0.2) is 48.1 Å². The molecule has 172 valence electrons. The van der Waals surface area contributed by atoms with Crippen molar-refractivity contribution in [3.63, 3.8) is 0 Å². The number of thiophene rings is 2. The first-order valence-electron chi connectivity index (χ1n) is 11.0. The van der Waals surface area contributed by atoms with Gasteiger partial charge in [0.05, 0.1) is 5.52 Å². The summed E-state index contributed by atoms with van der Waals surface area (Å²) in [6, 6.07) is 14.3. The Morgan fingerprint density at radius 2 is 1.94 bits per heavy atom. The highest BCUT2D eigenvalue weighted by Crippen LogP contribution is 2.32. The summed E-state index contributed by atoms with van der Waals surface area (Å²) in [6.45, 7) is 3.60. The Bertz CT molecular complexity index is 1200. The molecule has 1 aromatic carbocycles. The molecule has 0 bridgehead atoms. The van der Waals surface area contributed by atoms with Gasteiger partial charge in [0.2, 0.25) is 0 Å². The van der Waals surface area contributed by atoms with Crippen LogP contribution >= 0.6 is 34.3 Å². The third-order valence-corrected chi connectivity index (χ3v) is 7.57. The molecule has 0 fully saturated rings. The van der Waals surface area contributed by atoms with Gasteiger partial charge in [0, 0.05) is 31.6 Å². The lowest BCUT2D eigenvalue weighted by molar-refractivity contribution is 0.330. The number of anilines is 1. The fourth-order valence-electron chi connectivity index (χ4n) is 3.51. The van der Waals surface area contributed by atoms with Gasteiger partial charge in [0.1, 0.15) is 5.82 Å². The second kappa shape index (κ2) is 11.7. The molecule has 0 spiro atoms. The van der Waals surface area contributed by atoms with Gasteiger partial charge >= 0.3 is 0 Å². The summed E-state index contributed by atoms with van der Waals surface area (Å²) in [5.74, 6) is 1.50. The lowest BCUT2D eigenvalue weighted by Gasteiger charge is -2.16. The van der Waals surface area contributed by atoms with Crippen LogP contribution in [0.25, 0.3) is 32.8 Å². The summed E-state index contributed by atoms with van der Waals surface area (Å²) in [4.78, 5) is 15.6. The van der Waals surface area contributed by atoms with E-state index in [1.807, 2.05) is 24.3 Å². The quantitative estimate of drug-likeness (QED) is 0.237. The number of benzene rings is 1. The number of aromatic nitrogens is 2. The summed E-state index contributed by atoms with van der Waals surface area (Å²) in [7, 11) is 2.13. The Kier molecular flexibility index (Phi) is 8.47. The molecule has 5 nitrogen and oxygen atoms in total. The maximum atomic E-state index is 6.24. The second-order valence-corrected chi connectivity index (χ2v) is 10.3. The molecule has 33 heavy (non-hydrogen) atoms. The summed E-state index contributed by atoms with van der Waals surface area (Å²) in [5.41, 5.74) is 6.44. The van der Waals surface area contributed by atoms with Gasteiger partial charge in [-0.1, -0.05) is 17.7 Å². The third kappa shape index (κ3) is 6.62. The Hall–Kier alpha value is -2.29. The Labute approximate surface area is 207 Å². The van der Waals surface area contributed by atoms with E-state index in [1.54, 1.807) is 22.7 Å². The van der Waals surface area contributed by atoms with Crippen LogP contribution in [0.15, 0.2) is 47.8 Å². The normalized spacial score (nSPS) is 11.8. The molecule has 8 heteroatoms. The van der Waals surface area contributed by atoms with Crippen molar-refractivity contribution in [1.29, 1.82) is 0 Å². The van der Waals surface area contributed by atoms with E-state index < -0.39 is 0 Å². The van der Waals surface area contributed by atoms with E-state index in [-0.39, 0.29) is 0 Å². The van der Waals surface area contributed by atoms with Crippen molar-refractivity contribution in [2.24, 2.45) is 5.73 Å². The SMILES string of the molecule is CN(CCCN)CCCNc1nc(C=Cc2ccc(-c3cccs3)s2)nc2cc(Cl)ccc12. The number of fused-ring (bicyclic) bond motifs is 1. The van der Waals surface area contributed by atoms with Crippen molar-refractivity contribution in [3.05, 3.63) is 63.6 Å². The molecule has 3 heterocycles. The average molecular weight is 498 g/mol. The van der Waals surface area contributed by atoms with E-state index in [4.69, 9.17) is 27.3 Å². The largest absolute Gasteiger partial charge is 0.369 e. The highest BCUT2D eigenvalue weighted by molar-refractivity contribution is 7.21. The Morgan fingerprint density at radius 3 is 2.76 bits per heavy atom. The van der Waals surface area contributed by atoms with Crippen molar-refractivity contribution in [2.75, 3.05) is 38.5 Å². The molecule has 3 N–H and O–H groups in total. The first-order valence-corrected chi connectivity index (χ1v) is 13.1. The highest BCUT2D eigenvalue weighted by Gasteiger charge is 2.08. The van der Waals surface area contributed by atoms with Gasteiger partial charge in [-0.15, -0.1) is 22.7 Å². The highest BCUT2D eigenvalue weighted by atomic mass is 35.5. The number of nitrogens with two attached hydrogens (primary N) is 1. The summed E-state index contributed by atoms with van der Waals surface area (Å²) in [6.07, 6.45) is 6.09. The topological polar surface area (TPSA) is 67.1 Å². The van der Waals surface area contributed by atoms with E-state index in [1.165, 1.54) is 14.6 Å². The van der Waals surface area contributed by atoms with Crippen molar-refractivity contribution in [2.45, 2.75) is 12.8 Å². The third-order valence-electron chi connectivity index (χ3n) is 5.22. The Balaban J connectivity index is 1.48. The van der Waals surface area contributed by atoms with E-state index in [0.717, 1.165) is 55.7 Å². The molecular weight excluding hydrogens is 470 g/mol. The molecular formula is C25H28ClN5S2. The molecule has 0 aliphatic rings. The molecule has 0 amide bonds. The first-order chi connectivity index (χ1) is 16.1. The van der Waals surface area contributed by atoms with Crippen LogP contribution in [0.4, 0.5) is 5.82 Å². The van der Waals surface area contributed by atoms with Gasteiger partial charge in [-0.25, -0.2) is 9.97 Å². The number of nitrogens with one attached hydrogen (secondary N) is 1. The van der Waals surface area contributed by atoms with Crippen molar-refractivity contribution < 1.29 is 0 Å². The Morgan fingerprint density at radius 1 is 1.06 bits per heavy atom. The standard InChI is InChI=1S/C25H28ClN5S2/c1-31(14-3-12-27)15-4-13-28-25-20-9-6-18(26)17-21(20)29-24(30-25)11-8-19-7-10-23(33-19)22-5-2-16-32-22/h2,5-11,16-17H,3-4,12-15,27H2,1H3,(H,28,29,30). The van der Waals surface area contributed by atoms with Gasteiger partial charge in [-0.05, 0) is 93.5 Å². The molecule has 0 unspecified atom stereocenters. The second-order valence-electron chi connectivity index (χ2n) is 7.83. The van der Waals surface area contributed by atoms with E-state index in [9.17, 15) is 0 Å². The first kappa shape index (κ1) is 23.9. The van der Waals surface area contributed by atoms with E-state index in [0.29, 0.717) is 10.8 Å². The lowest BCUT2D eigenvalue weighted by Crippen LogP contribution is -2.24. The van der Waals surface area contributed by atoms with Gasteiger partial charge < -0.3 is 16.0 Å². The molecule has 0 radical (unpaired) electrons. The maximum Gasteiger partial charge on any atom is 0.155 e. The molecule has 0 atom stereocenters. The molecule has 4 rings (SSSR count). The summed E-state index contributed by atoms with van der Waals surface area (Å²) >= 11 is 9.76. The number of hydrogen-bond acceptors (Lipinski definition) is 7. The number of hydrogen-bond donors (Lipinski definition) is 2. The predicted molar refractivity (Wildman–Crippen MR) is 145 cm³/mol. The number of nitrogens with zero attached hydrogens (tertiary/aromatic N) is 3. The van der Waals surface area contributed by atoms with Crippen LogP contribution in [-0.2, 0) is 0 Å². The molecule has 0 aliphatic heterocycles. The van der Waals surface area contributed by atoms with Gasteiger partial charge in [0.25, 0.3) is 0 Å². The smallest absolute Gasteiger partial charge is 0.155 e. The molecule has 3 aromatic heterocycles. The molecule has 0 saturated heterocycles. The van der Waals surface area contributed by atoms with Crippen molar-refractivity contribution in [1.82, 2.24) is 14.9 Å². The van der Waals surface area contributed by atoms with Gasteiger partial charge in [0.15, 0.2) is 5.82 Å². The average Bonchev–Trinajstić information content (AvgIpc) is 3.50. The molecule has 0 aliphatic carbocycles.